The quantitative estimate of drug-likeness (QED) is 0.820. The van der Waals surface area contributed by atoms with Crippen LogP contribution in [0.15, 0.2) is 24.3 Å². The summed E-state index contributed by atoms with van der Waals surface area (Å²) < 4.78 is 4.60. The normalized spacial score (nSPS) is 17.9. The molecule has 0 aromatic heterocycles. The van der Waals surface area contributed by atoms with Gasteiger partial charge >= 0.3 is 12.0 Å². The first-order valence-electron chi connectivity index (χ1n) is 6.52. The summed E-state index contributed by atoms with van der Waals surface area (Å²) in [4.78, 5) is 25.0. The number of rotatable bonds is 3. The number of methoxy groups -OCH3 is 1. The van der Waals surface area contributed by atoms with Crippen molar-refractivity contribution in [2.75, 3.05) is 25.6 Å². The second-order valence-electron chi connectivity index (χ2n) is 4.67. The molecule has 0 radical (unpaired) electrons. The molecule has 1 saturated heterocycles. The van der Waals surface area contributed by atoms with E-state index in [-0.39, 0.29) is 18.7 Å². The van der Waals surface area contributed by atoms with Crippen molar-refractivity contribution < 1.29 is 19.4 Å². The third-order valence-corrected chi connectivity index (χ3v) is 3.41. The highest BCUT2D eigenvalue weighted by Gasteiger charge is 2.27. The minimum atomic E-state index is -0.414. The number of benzene rings is 1. The molecule has 0 aliphatic carbocycles. The van der Waals surface area contributed by atoms with Crippen LogP contribution >= 0.6 is 0 Å². The van der Waals surface area contributed by atoms with Gasteiger partial charge in [-0.2, -0.15) is 0 Å². The summed E-state index contributed by atoms with van der Waals surface area (Å²) in [6.45, 7) is 0.631. The Hall–Kier alpha value is -2.08. The zero-order chi connectivity index (χ0) is 14.5. The van der Waals surface area contributed by atoms with Gasteiger partial charge in [0.15, 0.2) is 0 Å². The number of ether oxygens (including phenoxy) is 1. The van der Waals surface area contributed by atoms with Gasteiger partial charge in [-0.15, -0.1) is 0 Å². The van der Waals surface area contributed by atoms with E-state index in [0.29, 0.717) is 17.8 Å². The number of aliphatic hydroxyl groups is 1. The summed E-state index contributed by atoms with van der Waals surface area (Å²) in [5, 5.41) is 12.0. The van der Waals surface area contributed by atoms with Gasteiger partial charge < -0.3 is 20.1 Å². The Labute approximate surface area is 117 Å². The Morgan fingerprint density at radius 2 is 2.10 bits per heavy atom. The predicted octanol–water partition coefficient (Wildman–Crippen LogP) is 1.46. The van der Waals surface area contributed by atoms with Crippen LogP contribution in [0.3, 0.4) is 0 Å². The zero-order valence-corrected chi connectivity index (χ0v) is 11.3. The molecular formula is C14H18N2O4. The molecule has 0 unspecified atom stereocenters. The van der Waals surface area contributed by atoms with Crippen LogP contribution in [-0.4, -0.2) is 48.3 Å². The first kappa shape index (κ1) is 14.3. The molecule has 0 bridgehead atoms. The molecule has 1 heterocycles. The van der Waals surface area contributed by atoms with Crippen molar-refractivity contribution in [1.82, 2.24) is 4.90 Å². The SMILES string of the molecule is COC(=O)c1ccc(NC(=O)N2CCC[C@@H]2CO)cc1. The summed E-state index contributed by atoms with van der Waals surface area (Å²) in [5.74, 6) is -0.414. The number of aliphatic hydroxyl groups excluding tert-OH is 1. The fourth-order valence-corrected chi connectivity index (χ4v) is 2.30. The van der Waals surface area contributed by atoms with E-state index in [1.807, 2.05) is 0 Å². The number of carbonyl (C=O) groups excluding carboxylic acids is 2. The second-order valence-corrected chi connectivity index (χ2v) is 4.67. The zero-order valence-electron chi connectivity index (χ0n) is 11.3. The number of likely N-dealkylation sites (tertiary alicyclic amines) is 1. The topological polar surface area (TPSA) is 78.9 Å². The minimum Gasteiger partial charge on any atom is -0.465 e. The van der Waals surface area contributed by atoms with Crippen molar-refractivity contribution in [3.05, 3.63) is 29.8 Å². The van der Waals surface area contributed by atoms with Gasteiger partial charge in [-0.05, 0) is 37.1 Å². The average molecular weight is 278 g/mol. The van der Waals surface area contributed by atoms with Gasteiger partial charge in [-0.1, -0.05) is 0 Å². The standard InChI is InChI=1S/C14H18N2O4/c1-20-13(18)10-4-6-11(7-5-10)15-14(19)16-8-2-3-12(16)9-17/h4-7,12,17H,2-3,8-9H2,1H3,(H,15,19)/t12-/m1/s1. The number of hydrogen-bond acceptors (Lipinski definition) is 4. The molecule has 1 atom stereocenters. The Morgan fingerprint density at radius 3 is 2.70 bits per heavy atom. The van der Waals surface area contributed by atoms with Gasteiger partial charge in [0.25, 0.3) is 0 Å². The van der Waals surface area contributed by atoms with E-state index in [2.05, 4.69) is 10.1 Å². The Morgan fingerprint density at radius 1 is 1.40 bits per heavy atom. The molecule has 0 saturated carbocycles. The maximum atomic E-state index is 12.1. The maximum absolute atomic E-state index is 12.1. The van der Waals surface area contributed by atoms with Crippen LogP contribution in [0, 0.1) is 0 Å². The summed E-state index contributed by atoms with van der Waals surface area (Å²) in [5.41, 5.74) is 1.03. The molecule has 108 valence electrons. The molecule has 1 aromatic rings. The van der Waals surface area contributed by atoms with Gasteiger partial charge in [0, 0.05) is 12.2 Å². The number of hydrogen-bond donors (Lipinski definition) is 2. The molecule has 0 spiro atoms. The maximum Gasteiger partial charge on any atom is 0.337 e. The third-order valence-electron chi connectivity index (χ3n) is 3.41. The van der Waals surface area contributed by atoms with Crippen LogP contribution in [0.5, 0.6) is 0 Å². The highest BCUT2D eigenvalue weighted by molar-refractivity contribution is 5.92. The lowest BCUT2D eigenvalue weighted by molar-refractivity contribution is 0.0601. The first-order valence-corrected chi connectivity index (χ1v) is 6.52. The third kappa shape index (κ3) is 3.08. The fourth-order valence-electron chi connectivity index (χ4n) is 2.30. The molecule has 20 heavy (non-hydrogen) atoms. The number of nitrogens with one attached hydrogen (secondary N) is 1. The minimum absolute atomic E-state index is 0.0191. The number of esters is 1. The molecular weight excluding hydrogens is 260 g/mol. The van der Waals surface area contributed by atoms with Crippen LogP contribution in [0.2, 0.25) is 0 Å². The predicted molar refractivity (Wildman–Crippen MR) is 73.6 cm³/mol. The van der Waals surface area contributed by atoms with Crippen molar-refractivity contribution in [2.24, 2.45) is 0 Å². The largest absolute Gasteiger partial charge is 0.465 e. The molecule has 2 N–H and O–H groups in total. The second kappa shape index (κ2) is 6.38. The Bertz CT molecular complexity index is 486. The van der Waals surface area contributed by atoms with Crippen LogP contribution in [0.25, 0.3) is 0 Å². The number of nitrogens with zero attached hydrogens (tertiary/aromatic N) is 1. The summed E-state index contributed by atoms with van der Waals surface area (Å²) >= 11 is 0. The van der Waals surface area contributed by atoms with Gasteiger partial charge in [0.05, 0.1) is 25.3 Å². The lowest BCUT2D eigenvalue weighted by atomic mass is 10.2. The van der Waals surface area contributed by atoms with Crippen molar-refractivity contribution in [1.29, 1.82) is 0 Å². The van der Waals surface area contributed by atoms with E-state index < -0.39 is 5.97 Å². The van der Waals surface area contributed by atoms with Crippen LogP contribution < -0.4 is 5.32 Å². The van der Waals surface area contributed by atoms with Crippen molar-refractivity contribution in [2.45, 2.75) is 18.9 Å². The van der Waals surface area contributed by atoms with Gasteiger partial charge in [0.2, 0.25) is 0 Å². The molecule has 6 nitrogen and oxygen atoms in total. The monoisotopic (exact) mass is 278 g/mol. The highest BCUT2D eigenvalue weighted by atomic mass is 16.5. The number of anilines is 1. The average Bonchev–Trinajstić information content (AvgIpc) is 2.95. The molecule has 1 aliphatic heterocycles. The van der Waals surface area contributed by atoms with Gasteiger partial charge in [0.1, 0.15) is 0 Å². The first-order chi connectivity index (χ1) is 9.65. The number of carbonyl (C=O) groups is 2. The van der Waals surface area contributed by atoms with Crippen molar-refractivity contribution in [3.63, 3.8) is 0 Å². The Balaban J connectivity index is 1.99. The molecule has 1 aromatic carbocycles. The lowest BCUT2D eigenvalue weighted by Crippen LogP contribution is -2.40. The number of amides is 2. The molecule has 1 fully saturated rings. The van der Waals surface area contributed by atoms with Gasteiger partial charge in [-0.3, -0.25) is 0 Å². The van der Waals surface area contributed by atoms with Crippen molar-refractivity contribution in [3.8, 4) is 0 Å². The Kier molecular flexibility index (Phi) is 4.57. The van der Waals surface area contributed by atoms with E-state index in [1.54, 1.807) is 29.2 Å². The molecule has 2 rings (SSSR count). The van der Waals surface area contributed by atoms with E-state index >= 15 is 0 Å². The van der Waals surface area contributed by atoms with E-state index in [1.165, 1.54) is 7.11 Å². The van der Waals surface area contributed by atoms with Gasteiger partial charge in [-0.25, -0.2) is 9.59 Å². The fraction of sp³-hybridized carbons (Fsp3) is 0.429. The molecule has 2 amide bonds. The van der Waals surface area contributed by atoms with Crippen LogP contribution in [0.1, 0.15) is 23.2 Å². The van der Waals surface area contributed by atoms with Crippen molar-refractivity contribution >= 4 is 17.7 Å². The van der Waals surface area contributed by atoms with Crippen LogP contribution in [-0.2, 0) is 4.74 Å². The molecule has 6 heteroatoms. The lowest BCUT2D eigenvalue weighted by Gasteiger charge is -2.23. The van der Waals surface area contributed by atoms with Crippen LogP contribution in [0.4, 0.5) is 10.5 Å². The van der Waals surface area contributed by atoms with E-state index in [9.17, 15) is 14.7 Å². The smallest absolute Gasteiger partial charge is 0.337 e. The summed E-state index contributed by atoms with van der Waals surface area (Å²) in [6, 6.07) is 6.14. The highest BCUT2D eigenvalue weighted by Crippen LogP contribution is 2.18. The summed E-state index contributed by atoms with van der Waals surface area (Å²) in [7, 11) is 1.32. The summed E-state index contributed by atoms with van der Waals surface area (Å²) in [6.07, 6.45) is 1.73. The van der Waals surface area contributed by atoms with E-state index in [4.69, 9.17) is 0 Å². The van der Waals surface area contributed by atoms with E-state index in [0.717, 1.165) is 12.8 Å². The number of urea groups is 1. The molecule has 1 aliphatic rings.